The third-order valence-corrected chi connectivity index (χ3v) is 6.86. The van der Waals surface area contributed by atoms with Crippen molar-refractivity contribution in [2.75, 3.05) is 19.7 Å². The predicted octanol–water partition coefficient (Wildman–Crippen LogP) is 3.34. The van der Waals surface area contributed by atoms with Crippen LogP contribution in [0.3, 0.4) is 0 Å². The number of amides is 1. The summed E-state index contributed by atoms with van der Waals surface area (Å²) in [5.74, 6) is 1.06. The minimum atomic E-state index is -0.477. The average molecular weight is 487 g/mol. The van der Waals surface area contributed by atoms with E-state index >= 15 is 0 Å². The Labute approximate surface area is 209 Å². The van der Waals surface area contributed by atoms with E-state index in [0.717, 1.165) is 55.2 Å². The van der Waals surface area contributed by atoms with Gasteiger partial charge in [-0.25, -0.2) is 5.43 Å². The van der Waals surface area contributed by atoms with Crippen LogP contribution < -0.4 is 15.7 Å². The normalized spacial score (nSPS) is 19.1. The number of fused-ring (bicyclic) bond motifs is 4. The van der Waals surface area contributed by atoms with Crippen LogP contribution in [0.2, 0.25) is 0 Å². The van der Waals surface area contributed by atoms with Crippen LogP contribution in [0.5, 0.6) is 11.5 Å². The van der Waals surface area contributed by atoms with Crippen LogP contribution in [-0.2, 0) is 13.1 Å². The number of ether oxygens (including phenoxy) is 1. The molecule has 5 rings (SSSR count). The molecule has 1 fully saturated rings. The number of aromatic nitrogens is 1. The number of hydrogen-bond donors (Lipinski definition) is 2. The molecular weight excluding hydrogens is 456 g/mol. The topological polar surface area (TPSA) is 96.2 Å². The fourth-order valence-corrected chi connectivity index (χ4v) is 5.36. The lowest BCUT2D eigenvalue weighted by molar-refractivity contribution is 0.0952. The summed E-state index contributed by atoms with van der Waals surface area (Å²) < 4.78 is 7.85. The van der Waals surface area contributed by atoms with Crippen LogP contribution in [0, 0.1) is 5.92 Å². The molecule has 0 unspecified atom stereocenters. The second kappa shape index (κ2) is 10.4. The molecule has 0 aliphatic carbocycles. The number of phenolic OH excluding ortho intramolecular Hbond substituents is 1. The van der Waals surface area contributed by atoms with E-state index in [4.69, 9.17) is 4.74 Å². The number of rotatable bonds is 7. The number of carbonyl (C=O) groups excluding carboxylic acids is 1. The van der Waals surface area contributed by atoms with Crippen LogP contribution in [-0.4, -0.2) is 46.4 Å². The smallest absolute Gasteiger partial charge is 0.275 e. The molecule has 2 aliphatic heterocycles. The fourth-order valence-electron chi connectivity index (χ4n) is 5.36. The van der Waals surface area contributed by atoms with Gasteiger partial charge in [-0.15, -0.1) is 0 Å². The Kier molecular flexibility index (Phi) is 6.86. The molecule has 3 aromatic rings. The van der Waals surface area contributed by atoms with Crippen molar-refractivity contribution in [3.05, 3.63) is 93.4 Å². The molecular formula is C28H30N4O4. The summed E-state index contributed by atoms with van der Waals surface area (Å²) in [5, 5.41) is 13.9. The van der Waals surface area contributed by atoms with Gasteiger partial charge in [-0.1, -0.05) is 18.2 Å². The average Bonchev–Trinajstić information content (AvgIpc) is 2.86. The second-order valence-electron chi connectivity index (χ2n) is 9.41. The largest absolute Gasteiger partial charge is 0.507 e. The number of hydrogen-bond acceptors (Lipinski definition) is 6. The number of phenols is 1. The van der Waals surface area contributed by atoms with Crippen LogP contribution in [0.25, 0.3) is 0 Å². The number of aromatic hydroxyl groups is 1. The number of benzene rings is 2. The molecule has 8 heteroatoms. The Bertz CT molecular complexity index is 1350. The molecule has 0 spiro atoms. The summed E-state index contributed by atoms with van der Waals surface area (Å²) in [5.41, 5.74) is 5.75. The highest BCUT2D eigenvalue weighted by Gasteiger charge is 2.34. The lowest BCUT2D eigenvalue weighted by atomic mass is 9.83. The van der Waals surface area contributed by atoms with Gasteiger partial charge in [0.15, 0.2) is 0 Å². The van der Waals surface area contributed by atoms with Crippen LogP contribution in [0.1, 0.15) is 46.4 Å². The van der Waals surface area contributed by atoms with Gasteiger partial charge in [-0.3, -0.25) is 14.5 Å². The predicted molar refractivity (Wildman–Crippen MR) is 138 cm³/mol. The first-order valence-electron chi connectivity index (χ1n) is 12.3. The second-order valence-corrected chi connectivity index (χ2v) is 9.41. The molecule has 1 amide bonds. The summed E-state index contributed by atoms with van der Waals surface area (Å²) in [6, 6.07) is 17.8. The van der Waals surface area contributed by atoms with E-state index in [0.29, 0.717) is 18.4 Å². The lowest BCUT2D eigenvalue weighted by Gasteiger charge is -2.43. The monoisotopic (exact) mass is 486 g/mol. The van der Waals surface area contributed by atoms with Crippen molar-refractivity contribution in [3.8, 4) is 11.5 Å². The number of carbonyl (C=O) groups is 1. The summed E-state index contributed by atoms with van der Waals surface area (Å²) in [6.45, 7) is 5.85. The Hall–Kier alpha value is -3.91. The zero-order chi connectivity index (χ0) is 25.1. The third-order valence-electron chi connectivity index (χ3n) is 6.86. The molecule has 36 heavy (non-hydrogen) atoms. The molecule has 1 saturated heterocycles. The van der Waals surface area contributed by atoms with Gasteiger partial charge in [0.25, 0.3) is 11.5 Å². The molecule has 8 nitrogen and oxygen atoms in total. The van der Waals surface area contributed by atoms with E-state index in [2.05, 4.69) is 21.5 Å². The highest BCUT2D eigenvalue weighted by atomic mass is 16.5. The number of hydrazone groups is 1. The van der Waals surface area contributed by atoms with Gasteiger partial charge in [0.05, 0.1) is 18.4 Å². The van der Waals surface area contributed by atoms with Gasteiger partial charge in [0.1, 0.15) is 11.5 Å². The maximum atomic E-state index is 12.3. The number of para-hydroxylation sites is 1. The van der Waals surface area contributed by atoms with E-state index in [1.807, 2.05) is 35.8 Å². The van der Waals surface area contributed by atoms with E-state index in [1.165, 1.54) is 12.1 Å². The molecule has 2 aromatic carbocycles. The number of pyridine rings is 1. The van der Waals surface area contributed by atoms with E-state index in [9.17, 15) is 14.7 Å². The molecule has 2 N–H and O–H groups in total. The Morgan fingerprint density at radius 1 is 1.14 bits per heavy atom. The first kappa shape index (κ1) is 23.8. The van der Waals surface area contributed by atoms with Gasteiger partial charge in [-0.2, -0.15) is 5.10 Å². The molecule has 2 bridgehead atoms. The molecule has 186 valence electrons. The lowest BCUT2D eigenvalue weighted by Crippen LogP contribution is -2.46. The van der Waals surface area contributed by atoms with Gasteiger partial charge >= 0.3 is 0 Å². The first-order chi connectivity index (χ1) is 17.5. The number of nitrogens with one attached hydrogen (secondary N) is 1. The van der Waals surface area contributed by atoms with Gasteiger partial charge in [0.2, 0.25) is 0 Å². The van der Waals surface area contributed by atoms with Crippen LogP contribution in [0.4, 0.5) is 0 Å². The molecule has 0 radical (unpaired) electrons. The molecule has 3 heterocycles. The molecule has 1 aromatic heterocycles. The number of likely N-dealkylation sites (tertiary alicyclic amines) is 1. The summed E-state index contributed by atoms with van der Waals surface area (Å²) in [7, 11) is 0. The zero-order valence-corrected chi connectivity index (χ0v) is 20.3. The minimum Gasteiger partial charge on any atom is -0.507 e. The molecule has 2 atom stereocenters. The Morgan fingerprint density at radius 3 is 2.83 bits per heavy atom. The zero-order valence-electron chi connectivity index (χ0n) is 20.3. The SMILES string of the molecule is CCOc1ccc(/C=N\NC(=O)c2ccccc2O)cc1CN1C[C@H]2C[C@@H](C1)c1cccc(=O)n1C2. The van der Waals surface area contributed by atoms with Gasteiger partial charge in [0, 0.05) is 49.4 Å². The van der Waals surface area contributed by atoms with Crippen molar-refractivity contribution in [3.63, 3.8) is 0 Å². The highest BCUT2D eigenvalue weighted by molar-refractivity contribution is 5.97. The standard InChI is InChI=1S/C28H30N4O4/c1-2-36-26-11-10-19(14-29-30-28(35)23-6-3-4-8-25(23)33)12-22(26)18-31-15-20-13-21(17-31)24-7-5-9-27(34)32(24)16-20/h3-12,14,20-21,33H,2,13,15-18H2,1H3,(H,30,35)/b29-14-/t20-,21+/m1/s1. The van der Waals surface area contributed by atoms with Crippen molar-refractivity contribution in [1.82, 2.24) is 14.9 Å². The first-order valence-corrected chi connectivity index (χ1v) is 12.3. The van der Waals surface area contributed by atoms with Gasteiger partial charge < -0.3 is 14.4 Å². The summed E-state index contributed by atoms with van der Waals surface area (Å²) in [4.78, 5) is 27.1. The van der Waals surface area contributed by atoms with E-state index in [1.54, 1.807) is 24.4 Å². The van der Waals surface area contributed by atoms with Crippen molar-refractivity contribution < 1.29 is 14.6 Å². The highest BCUT2D eigenvalue weighted by Crippen LogP contribution is 2.36. The van der Waals surface area contributed by atoms with Crippen molar-refractivity contribution >= 4 is 12.1 Å². The minimum absolute atomic E-state index is 0.0904. The quantitative estimate of drug-likeness (QED) is 0.395. The van der Waals surface area contributed by atoms with Crippen LogP contribution in [0.15, 0.2) is 70.6 Å². The van der Waals surface area contributed by atoms with E-state index < -0.39 is 5.91 Å². The fraction of sp³-hybridized carbons (Fsp3) is 0.321. The summed E-state index contributed by atoms with van der Waals surface area (Å²) in [6.07, 6.45) is 2.70. The third kappa shape index (κ3) is 5.04. The Morgan fingerprint density at radius 2 is 2.00 bits per heavy atom. The maximum absolute atomic E-state index is 12.3. The van der Waals surface area contributed by atoms with Crippen molar-refractivity contribution in [2.45, 2.75) is 32.4 Å². The Balaban J connectivity index is 1.31. The van der Waals surface area contributed by atoms with E-state index in [-0.39, 0.29) is 16.9 Å². The summed E-state index contributed by atoms with van der Waals surface area (Å²) >= 11 is 0. The van der Waals surface area contributed by atoms with Crippen molar-refractivity contribution in [1.29, 1.82) is 0 Å². The van der Waals surface area contributed by atoms with Gasteiger partial charge in [-0.05, 0) is 61.2 Å². The molecule has 2 aliphatic rings. The molecule has 0 saturated carbocycles. The van der Waals surface area contributed by atoms with Crippen molar-refractivity contribution in [2.24, 2.45) is 11.0 Å². The number of nitrogens with zero attached hydrogens (tertiary/aromatic N) is 3. The number of piperidine rings is 1. The van der Waals surface area contributed by atoms with Crippen LogP contribution >= 0.6 is 0 Å². The maximum Gasteiger partial charge on any atom is 0.275 e.